The molecule has 170 valence electrons. The number of hydrogen-bond donors (Lipinski definition) is 1. The first-order chi connectivity index (χ1) is 17.3. The van der Waals surface area contributed by atoms with Crippen molar-refractivity contribution in [2.45, 2.75) is 38.5 Å². The molecule has 2 heterocycles. The maximum absolute atomic E-state index is 10.4. The second-order valence-electron chi connectivity index (χ2n) is 9.61. The first-order valence-corrected chi connectivity index (χ1v) is 12.5. The molecule has 0 saturated heterocycles. The standard InChI is InChI=1S/C31H26N4/c32-19-24-29(34-25-13-5-1-9-20(25)21-10-2-6-14-26(21)34)17-18-30(31(24)33)35-27-15-7-3-11-22(27)23-12-4-8-16-28(23)35/h1,5-9,13-18H,2-4,10-12,33H2. The Labute approximate surface area is 204 Å². The van der Waals surface area contributed by atoms with E-state index in [0.717, 1.165) is 61.1 Å². The summed E-state index contributed by atoms with van der Waals surface area (Å²) < 4.78 is 4.50. The Morgan fingerprint density at radius 1 is 0.686 bits per heavy atom. The third-order valence-electron chi connectivity index (χ3n) is 7.79. The van der Waals surface area contributed by atoms with Crippen LogP contribution in [-0.4, -0.2) is 9.13 Å². The first kappa shape index (κ1) is 20.2. The number of nitrogens with zero attached hydrogens (tertiary/aromatic N) is 3. The zero-order valence-electron chi connectivity index (χ0n) is 19.6. The van der Waals surface area contributed by atoms with Gasteiger partial charge in [-0.2, -0.15) is 5.26 Å². The number of nitrogens with two attached hydrogens (primary N) is 1. The lowest BCUT2D eigenvalue weighted by Gasteiger charge is -2.19. The summed E-state index contributed by atoms with van der Waals surface area (Å²) in [5.41, 5.74) is 18.6. The molecule has 0 radical (unpaired) electrons. The van der Waals surface area contributed by atoms with Crippen molar-refractivity contribution in [3.05, 3.63) is 94.0 Å². The topological polar surface area (TPSA) is 59.7 Å². The van der Waals surface area contributed by atoms with Gasteiger partial charge in [-0.15, -0.1) is 0 Å². The smallest absolute Gasteiger partial charge is 0.104 e. The molecule has 0 bridgehead atoms. The molecule has 2 N–H and O–H groups in total. The number of allylic oxidation sites excluding steroid dienone is 3. The lowest BCUT2D eigenvalue weighted by molar-refractivity contribution is 0.922. The average molecular weight is 455 g/mol. The second-order valence-corrected chi connectivity index (χ2v) is 9.61. The van der Waals surface area contributed by atoms with Crippen molar-refractivity contribution in [2.24, 2.45) is 0 Å². The lowest BCUT2D eigenvalue weighted by atomic mass is 9.94. The normalized spacial score (nSPS) is 15.6. The van der Waals surface area contributed by atoms with Crippen LogP contribution in [0.25, 0.3) is 40.5 Å². The van der Waals surface area contributed by atoms with Crippen LogP contribution in [0.15, 0.2) is 54.6 Å². The molecule has 0 aliphatic heterocycles. The Bertz CT molecular complexity index is 1620. The van der Waals surface area contributed by atoms with Crippen LogP contribution in [0.5, 0.6) is 0 Å². The molecule has 2 aromatic carbocycles. The second kappa shape index (κ2) is 7.65. The van der Waals surface area contributed by atoms with Gasteiger partial charge < -0.3 is 14.9 Å². The molecule has 3 aliphatic carbocycles. The van der Waals surface area contributed by atoms with Gasteiger partial charge in [0.1, 0.15) is 11.6 Å². The highest BCUT2D eigenvalue weighted by atomic mass is 15.0. The molecule has 0 unspecified atom stereocenters. The Morgan fingerprint density at radius 3 is 1.91 bits per heavy atom. The molecule has 0 fully saturated rings. The van der Waals surface area contributed by atoms with E-state index in [1.807, 2.05) is 0 Å². The number of anilines is 1. The van der Waals surface area contributed by atoms with Crippen molar-refractivity contribution in [2.75, 3.05) is 5.73 Å². The van der Waals surface area contributed by atoms with Gasteiger partial charge in [0, 0.05) is 22.5 Å². The third kappa shape index (κ3) is 2.79. The highest BCUT2D eigenvalue weighted by molar-refractivity contribution is 5.92. The van der Waals surface area contributed by atoms with Crippen LogP contribution in [0.1, 0.15) is 58.6 Å². The fourth-order valence-corrected chi connectivity index (χ4v) is 6.26. The van der Waals surface area contributed by atoms with Crippen LogP contribution >= 0.6 is 0 Å². The van der Waals surface area contributed by atoms with E-state index in [-0.39, 0.29) is 0 Å². The van der Waals surface area contributed by atoms with Gasteiger partial charge in [0.25, 0.3) is 0 Å². The number of benzene rings is 2. The van der Waals surface area contributed by atoms with Crippen LogP contribution in [0.3, 0.4) is 0 Å². The summed E-state index contributed by atoms with van der Waals surface area (Å²) in [7, 11) is 0. The summed E-state index contributed by atoms with van der Waals surface area (Å²) in [5.74, 6) is 0. The number of nitriles is 1. The van der Waals surface area contributed by atoms with Crippen LogP contribution in [0, 0.1) is 11.3 Å². The lowest BCUT2D eigenvalue weighted by Crippen LogP contribution is -2.10. The molecule has 4 nitrogen and oxygen atoms in total. The predicted molar refractivity (Wildman–Crippen MR) is 144 cm³/mol. The monoisotopic (exact) mass is 454 g/mol. The number of aryl methyl sites for hydroxylation is 1. The van der Waals surface area contributed by atoms with Gasteiger partial charge in [-0.25, -0.2) is 0 Å². The largest absolute Gasteiger partial charge is 0.396 e. The molecule has 0 saturated carbocycles. The molecule has 0 amide bonds. The first-order valence-electron chi connectivity index (χ1n) is 12.5. The van der Waals surface area contributed by atoms with E-state index < -0.39 is 0 Å². The van der Waals surface area contributed by atoms with Crippen LogP contribution < -0.4 is 5.73 Å². The summed E-state index contributed by atoms with van der Waals surface area (Å²) in [5, 5.41) is 11.6. The van der Waals surface area contributed by atoms with Crippen molar-refractivity contribution in [1.29, 1.82) is 5.26 Å². The highest BCUT2D eigenvalue weighted by Crippen LogP contribution is 2.40. The fourth-order valence-electron chi connectivity index (χ4n) is 6.26. The molecule has 0 spiro atoms. The molecular weight excluding hydrogens is 428 g/mol. The van der Waals surface area contributed by atoms with Gasteiger partial charge >= 0.3 is 0 Å². The van der Waals surface area contributed by atoms with E-state index in [0.29, 0.717) is 11.3 Å². The van der Waals surface area contributed by atoms with E-state index in [4.69, 9.17) is 5.73 Å². The minimum Gasteiger partial charge on any atom is -0.396 e. The van der Waals surface area contributed by atoms with E-state index >= 15 is 0 Å². The summed E-state index contributed by atoms with van der Waals surface area (Å²) in [6, 6.07) is 15.1. The van der Waals surface area contributed by atoms with Gasteiger partial charge in [0.05, 0.1) is 22.6 Å². The third-order valence-corrected chi connectivity index (χ3v) is 7.79. The predicted octanol–water partition coefficient (Wildman–Crippen LogP) is 6.75. The molecule has 0 atom stereocenters. The minimum absolute atomic E-state index is 0.529. The van der Waals surface area contributed by atoms with E-state index in [2.05, 4.69) is 88.1 Å². The molecule has 4 heteroatoms. The maximum Gasteiger partial charge on any atom is 0.104 e. The van der Waals surface area contributed by atoms with Crippen molar-refractivity contribution < 1.29 is 0 Å². The van der Waals surface area contributed by atoms with Crippen molar-refractivity contribution in [3.8, 4) is 17.4 Å². The van der Waals surface area contributed by atoms with Crippen molar-refractivity contribution in [1.82, 2.24) is 9.13 Å². The molecule has 35 heavy (non-hydrogen) atoms. The van der Waals surface area contributed by atoms with E-state index in [1.54, 1.807) is 0 Å². The molecular formula is C31H26N4. The summed E-state index contributed by atoms with van der Waals surface area (Å²) in [6.45, 7) is 0. The van der Waals surface area contributed by atoms with E-state index in [9.17, 15) is 5.26 Å². The molecule has 7 rings (SSSR count). The SMILES string of the molecule is N#Cc1c(-n2c3c(c4ccccc42)CCC=C3)ccc(-n2c3c(c4c2C=CCC4)CCC=C3)c1N. The number of hydrogen-bond acceptors (Lipinski definition) is 2. The van der Waals surface area contributed by atoms with Gasteiger partial charge in [-0.1, -0.05) is 36.4 Å². The van der Waals surface area contributed by atoms with Crippen molar-refractivity contribution in [3.63, 3.8) is 0 Å². The van der Waals surface area contributed by atoms with Crippen LogP contribution in [0.4, 0.5) is 5.69 Å². The Balaban J connectivity index is 1.50. The summed E-state index contributed by atoms with van der Waals surface area (Å²) in [4.78, 5) is 0. The molecule has 4 aromatic rings. The van der Waals surface area contributed by atoms with E-state index in [1.165, 1.54) is 33.5 Å². The number of rotatable bonds is 2. The maximum atomic E-state index is 10.4. The van der Waals surface area contributed by atoms with Gasteiger partial charge in [-0.05, 0) is 91.6 Å². The number of aromatic nitrogens is 2. The van der Waals surface area contributed by atoms with Crippen LogP contribution in [-0.2, 0) is 19.3 Å². The minimum atomic E-state index is 0.529. The van der Waals surface area contributed by atoms with Gasteiger partial charge in [0.2, 0.25) is 0 Å². The molecule has 2 aromatic heterocycles. The Kier molecular flexibility index (Phi) is 4.41. The molecule has 3 aliphatic rings. The summed E-state index contributed by atoms with van der Waals surface area (Å²) >= 11 is 0. The van der Waals surface area contributed by atoms with Gasteiger partial charge in [0.15, 0.2) is 0 Å². The Hall–Kier alpha value is -4.23. The quantitative estimate of drug-likeness (QED) is 0.340. The Morgan fingerprint density at radius 2 is 1.26 bits per heavy atom. The van der Waals surface area contributed by atoms with Crippen molar-refractivity contribution >= 4 is 34.8 Å². The number of para-hydroxylation sites is 1. The number of fused-ring (bicyclic) bond motifs is 6. The van der Waals surface area contributed by atoms with Crippen LogP contribution in [0.2, 0.25) is 0 Å². The zero-order valence-corrected chi connectivity index (χ0v) is 19.6. The zero-order chi connectivity index (χ0) is 23.5. The highest BCUT2D eigenvalue weighted by Gasteiger charge is 2.26. The number of nitrogen functional groups attached to an aromatic ring is 1. The van der Waals surface area contributed by atoms with Gasteiger partial charge in [-0.3, -0.25) is 0 Å². The fraction of sp³-hybridized carbons (Fsp3) is 0.194. The summed E-state index contributed by atoms with van der Waals surface area (Å²) in [6.07, 6.45) is 19.7. The average Bonchev–Trinajstić information content (AvgIpc) is 3.42.